The van der Waals surface area contributed by atoms with Gasteiger partial charge < -0.3 is 0 Å². The molecule has 0 heterocycles. The van der Waals surface area contributed by atoms with Crippen molar-refractivity contribution in [1.82, 2.24) is 0 Å². The van der Waals surface area contributed by atoms with Gasteiger partial charge in [0.15, 0.2) is 0 Å². The van der Waals surface area contributed by atoms with Crippen LogP contribution in [0.25, 0.3) is 5.57 Å². The summed E-state index contributed by atoms with van der Waals surface area (Å²) in [6, 6.07) is 11.1. The SMILES string of the molecule is C.C=CC1=CC=C(c2c[c-]ccc2)C1.[Sm]. The normalized spacial score (nSPS) is 13.1. The van der Waals surface area contributed by atoms with Crippen LogP contribution in [0.3, 0.4) is 0 Å². The molecule has 0 fully saturated rings. The molecule has 15 heavy (non-hydrogen) atoms. The van der Waals surface area contributed by atoms with E-state index in [2.05, 4.69) is 30.9 Å². The third-order valence-corrected chi connectivity index (χ3v) is 2.23. The Kier molecular flexibility index (Phi) is 7.01. The largest absolute Gasteiger partial charge is 0.183 e. The third-order valence-electron chi connectivity index (χ3n) is 2.23. The van der Waals surface area contributed by atoms with Crippen molar-refractivity contribution in [2.24, 2.45) is 0 Å². The summed E-state index contributed by atoms with van der Waals surface area (Å²) >= 11 is 0. The average Bonchev–Trinajstić information content (AvgIpc) is 2.67. The maximum Gasteiger partial charge on any atom is 0 e. The molecule has 0 amide bonds. The summed E-state index contributed by atoms with van der Waals surface area (Å²) in [5, 5.41) is 0. The van der Waals surface area contributed by atoms with Crippen LogP contribution in [0.4, 0.5) is 0 Å². The zero-order valence-electron chi connectivity index (χ0n) is 7.86. The van der Waals surface area contributed by atoms with E-state index < -0.39 is 0 Å². The van der Waals surface area contributed by atoms with Gasteiger partial charge in [0.05, 0.1) is 0 Å². The van der Waals surface area contributed by atoms with E-state index in [0.29, 0.717) is 0 Å². The Hall–Kier alpha value is -0.222. The molecule has 0 atom stereocenters. The summed E-state index contributed by atoms with van der Waals surface area (Å²) in [7, 11) is 0. The van der Waals surface area contributed by atoms with Crippen molar-refractivity contribution in [3.05, 3.63) is 66.3 Å². The van der Waals surface area contributed by atoms with Crippen LogP contribution in [0.1, 0.15) is 19.4 Å². The van der Waals surface area contributed by atoms with E-state index in [9.17, 15) is 0 Å². The Morgan fingerprint density at radius 2 is 2.13 bits per heavy atom. The van der Waals surface area contributed by atoms with Crippen molar-refractivity contribution in [2.45, 2.75) is 13.8 Å². The Bertz CT molecular complexity index is 372. The molecule has 1 aliphatic rings. The second-order valence-corrected chi connectivity index (χ2v) is 3.11. The van der Waals surface area contributed by atoms with Crippen molar-refractivity contribution in [3.63, 3.8) is 0 Å². The minimum Gasteiger partial charge on any atom is -0.183 e. The van der Waals surface area contributed by atoms with Crippen molar-refractivity contribution >= 4 is 5.57 Å². The molecule has 0 N–H and O–H groups in total. The van der Waals surface area contributed by atoms with Crippen molar-refractivity contribution in [1.29, 1.82) is 0 Å². The molecule has 0 radical (unpaired) electrons. The second kappa shape index (κ2) is 7.12. The van der Waals surface area contributed by atoms with Crippen molar-refractivity contribution < 1.29 is 40.4 Å². The van der Waals surface area contributed by atoms with Crippen LogP contribution in [0, 0.1) is 46.5 Å². The van der Waals surface area contributed by atoms with E-state index >= 15 is 0 Å². The van der Waals surface area contributed by atoms with Gasteiger partial charge in [-0.3, -0.25) is 0 Å². The number of rotatable bonds is 2. The molecular weight excluding hydrogens is 319 g/mol. The van der Waals surface area contributed by atoms with E-state index in [0.717, 1.165) is 6.42 Å². The Labute approximate surface area is 125 Å². The van der Waals surface area contributed by atoms with Gasteiger partial charge in [0, 0.05) is 40.4 Å². The summed E-state index contributed by atoms with van der Waals surface area (Å²) < 4.78 is 0. The fourth-order valence-electron chi connectivity index (χ4n) is 1.48. The van der Waals surface area contributed by atoms with Gasteiger partial charge in [-0.05, 0) is 12.0 Å². The minimum atomic E-state index is 0. The van der Waals surface area contributed by atoms with E-state index in [1.165, 1.54) is 16.7 Å². The summed E-state index contributed by atoms with van der Waals surface area (Å²) in [6.07, 6.45) is 7.19. The van der Waals surface area contributed by atoms with Crippen LogP contribution >= 0.6 is 0 Å². The molecule has 2 rings (SSSR count). The number of hydrogen-bond acceptors (Lipinski definition) is 0. The molecule has 0 bridgehead atoms. The molecule has 1 aromatic rings. The Morgan fingerprint density at radius 1 is 1.33 bits per heavy atom. The van der Waals surface area contributed by atoms with E-state index in [1.807, 2.05) is 24.3 Å². The van der Waals surface area contributed by atoms with Crippen LogP contribution in [0.5, 0.6) is 0 Å². The third kappa shape index (κ3) is 3.68. The maximum absolute atomic E-state index is 3.76. The molecule has 0 aliphatic heterocycles. The monoisotopic (exact) mass is 335 g/mol. The number of allylic oxidation sites excluding steroid dienone is 5. The molecule has 0 unspecified atom stereocenters. The van der Waals surface area contributed by atoms with Gasteiger partial charge in [-0.25, -0.2) is 0 Å². The predicted octanol–water partition coefficient (Wildman–Crippen LogP) is 4.02. The fourth-order valence-corrected chi connectivity index (χ4v) is 1.48. The summed E-state index contributed by atoms with van der Waals surface area (Å²) in [6.45, 7) is 3.76. The first-order valence-corrected chi connectivity index (χ1v) is 4.39. The molecule has 1 heteroatoms. The molecule has 0 spiro atoms. The molecule has 1 aliphatic carbocycles. The zero-order valence-corrected chi connectivity index (χ0v) is 10.5. The fraction of sp³-hybridized carbons (Fsp3) is 0.143. The van der Waals surface area contributed by atoms with Crippen LogP contribution in [0.15, 0.2) is 54.6 Å². The Morgan fingerprint density at radius 3 is 2.67 bits per heavy atom. The van der Waals surface area contributed by atoms with Gasteiger partial charge in [-0.1, -0.05) is 37.8 Å². The van der Waals surface area contributed by atoms with Crippen LogP contribution in [-0.4, -0.2) is 0 Å². The molecule has 1 aromatic carbocycles. The molecular formula is C14H15Sm-. The van der Waals surface area contributed by atoms with Crippen molar-refractivity contribution in [3.8, 4) is 0 Å². The van der Waals surface area contributed by atoms with Gasteiger partial charge in [-0.2, -0.15) is 30.3 Å². The molecule has 78 valence electrons. The molecule has 0 saturated heterocycles. The van der Waals surface area contributed by atoms with E-state index in [4.69, 9.17) is 0 Å². The first-order chi connectivity index (χ1) is 6.40. The average molecular weight is 334 g/mol. The van der Waals surface area contributed by atoms with Crippen LogP contribution < -0.4 is 0 Å². The molecule has 0 saturated carbocycles. The molecule has 0 nitrogen and oxygen atoms in total. The summed E-state index contributed by atoms with van der Waals surface area (Å²) in [4.78, 5) is 0. The van der Waals surface area contributed by atoms with Crippen LogP contribution in [-0.2, 0) is 0 Å². The topological polar surface area (TPSA) is 0 Å². The first-order valence-electron chi connectivity index (χ1n) is 4.39. The van der Waals surface area contributed by atoms with E-state index in [1.54, 1.807) is 0 Å². The number of hydrogen-bond donors (Lipinski definition) is 0. The second-order valence-electron chi connectivity index (χ2n) is 3.11. The quantitative estimate of drug-likeness (QED) is 0.717. The van der Waals surface area contributed by atoms with E-state index in [-0.39, 0.29) is 47.8 Å². The van der Waals surface area contributed by atoms with Gasteiger partial charge in [0.2, 0.25) is 0 Å². The summed E-state index contributed by atoms with van der Waals surface area (Å²) in [5.41, 5.74) is 3.90. The van der Waals surface area contributed by atoms with Gasteiger partial charge in [0.1, 0.15) is 0 Å². The smallest absolute Gasteiger partial charge is 0 e. The first kappa shape index (κ1) is 14.8. The minimum absolute atomic E-state index is 0. The standard InChI is InChI=1S/C13H11.CH4.Sm/c1-2-11-8-9-13(10-11)12-6-4-3-5-7-12;;/h2-4,6-9H,1,10H2;1H4;/q-1;;. The van der Waals surface area contributed by atoms with Crippen LogP contribution in [0.2, 0.25) is 0 Å². The molecule has 0 aromatic heterocycles. The number of benzene rings is 1. The van der Waals surface area contributed by atoms with Gasteiger partial charge in [-0.15, -0.1) is 5.56 Å². The van der Waals surface area contributed by atoms with Crippen molar-refractivity contribution in [2.75, 3.05) is 0 Å². The maximum atomic E-state index is 3.76. The zero-order chi connectivity index (χ0) is 9.10. The van der Waals surface area contributed by atoms with Gasteiger partial charge in [0.25, 0.3) is 0 Å². The predicted molar refractivity (Wildman–Crippen MR) is 62.9 cm³/mol. The van der Waals surface area contributed by atoms with Gasteiger partial charge >= 0.3 is 0 Å². The Balaban J connectivity index is 0.000000980. The summed E-state index contributed by atoms with van der Waals surface area (Å²) in [5.74, 6) is 0.